The van der Waals surface area contributed by atoms with Gasteiger partial charge in [0.05, 0.1) is 0 Å². The van der Waals surface area contributed by atoms with Crippen LogP contribution in [-0.4, -0.2) is 57.2 Å². The van der Waals surface area contributed by atoms with Gasteiger partial charge in [-0.25, -0.2) is 14.4 Å². The van der Waals surface area contributed by atoms with Crippen molar-refractivity contribution < 1.29 is 38.2 Å². The predicted molar refractivity (Wildman–Crippen MR) is 114 cm³/mol. The molecule has 0 saturated carbocycles. The van der Waals surface area contributed by atoms with Crippen LogP contribution in [0.5, 0.6) is 0 Å². The van der Waals surface area contributed by atoms with Gasteiger partial charge in [0.2, 0.25) is 11.4 Å². The number of nitrogens with one attached hydrogen (secondary N) is 1. The van der Waals surface area contributed by atoms with Crippen molar-refractivity contribution in [3.63, 3.8) is 0 Å². The fourth-order valence-electron chi connectivity index (χ4n) is 3.75. The van der Waals surface area contributed by atoms with Crippen LogP contribution in [0.3, 0.4) is 0 Å². The lowest BCUT2D eigenvalue weighted by atomic mass is 9.89. The molecule has 0 radical (unpaired) electrons. The molecule has 0 aromatic heterocycles. The van der Waals surface area contributed by atoms with Crippen molar-refractivity contribution >= 4 is 37.0 Å². The number of hydrogen-bond acceptors (Lipinski definition) is 12. The van der Waals surface area contributed by atoms with Crippen molar-refractivity contribution in [3.8, 4) is 0 Å². The molecular formula is C18H25N4O8PS. The number of thioether (sulfide) groups is 1. The summed E-state index contributed by atoms with van der Waals surface area (Å²) < 4.78 is 24.9. The zero-order valence-corrected chi connectivity index (χ0v) is 19.1. The van der Waals surface area contributed by atoms with Gasteiger partial charge >= 0.3 is 17.9 Å². The van der Waals surface area contributed by atoms with Gasteiger partial charge in [0.25, 0.3) is 7.37 Å². The maximum atomic E-state index is 14.4. The Morgan fingerprint density at radius 1 is 1.31 bits per heavy atom. The molecule has 12 nitrogen and oxygen atoms in total. The quantitative estimate of drug-likeness (QED) is 0.189. The maximum absolute atomic E-state index is 14.4. The molecule has 2 fully saturated rings. The summed E-state index contributed by atoms with van der Waals surface area (Å²) in [6.45, 7) is 2.35. The Morgan fingerprint density at radius 2 is 1.94 bits per heavy atom. The van der Waals surface area contributed by atoms with E-state index in [-0.39, 0.29) is 5.75 Å². The average molecular weight is 488 g/mol. The third kappa shape index (κ3) is 3.45. The Kier molecular flexibility index (Phi) is 6.48. The Hall–Kier alpha value is -1.99. The van der Waals surface area contributed by atoms with E-state index in [0.29, 0.717) is 5.75 Å². The zero-order chi connectivity index (χ0) is 23.9. The summed E-state index contributed by atoms with van der Waals surface area (Å²) >= 11 is 1.16. The minimum atomic E-state index is -4.79. The number of aliphatic carboxylic acids is 1. The number of hydroxylamine groups is 1. The molecule has 2 heterocycles. The number of hydrogen-bond donors (Lipinski definition) is 5. The molecule has 3 rings (SSSR count). The average Bonchev–Trinajstić information content (AvgIpc) is 2.97. The van der Waals surface area contributed by atoms with Crippen LogP contribution in [0.15, 0.2) is 30.3 Å². The molecule has 1 aromatic carbocycles. The van der Waals surface area contributed by atoms with E-state index in [2.05, 4.69) is 5.48 Å². The summed E-state index contributed by atoms with van der Waals surface area (Å²) in [4.78, 5) is 42.5. The van der Waals surface area contributed by atoms with E-state index in [0.717, 1.165) is 24.2 Å². The number of carboxylic acids is 1. The second kappa shape index (κ2) is 8.41. The highest BCUT2D eigenvalue weighted by molar-refractivity contribution is 7.98. The second-order valence-electron chi connectivity index (χ2n) is 7.84. The van der Waals surface area contributed by atoms with Crippen molar-refractivity contribution in [1.29, 1.82) is 0 Å². The topological polar surface area (TPSA) is 206 Å². The van der Waals surface area contributed by atoms with Crippen LogP contribution < -0.4 is 22.7 Å². The predicted octanol–water partition coefficient (Wildman–Crippen LogP) is -0.341. The molecule has 1 spiro atoms. The molecule has 2 saturated heterocycles. The number of ether oxygens (including phenoxy) is 1. The first-order valence-electron chi connectivity index (χ1n) is 9.49. The van der Waals surface area contributed by atoms with Crippen molar-refractivity contribution in [2.24, 2.45) is 17.2 Å². The van der Waals surface area contributed by atoms with Crippen LogP contribution in [0.4, 0.5) is 0 Å². The van der Waals surface area contributed by atoms with Gasteiger partial charge in [0.15, 0.2) is 10.8 Å². The van der Waals surface area contributed by atoms with Crippen LogP contribution in [0.25, 0.3) is 0 Å². The lowest BCUT2D eigenvalue weighted by Crippen LogP contribution is -2.78. The largest absolute Gasteiger partial charge is 0.478 e. The smallest absolute Gasteiger partial charge is 0.348 e. The molecule has 0 bridgehead atoms. The first-order valence-corrected chi connectivity index (χ1v) is 12.3. The fraction of sp³-hybridized carbons (Fsp3) is 0.500. The van der Waals surface area contributed by atoms with Crippen LogP contribution in [0.1, 0.15) is 19.4 Å². The van der Waals surface area contributed by atoms with Gasteiger partial charge < -0.3 is 36.4 Å². The lowest BCUT2D eigenvalue weighted by molar-refractivity contribution is -0.175. The van der Waals surface area contributed by atoms with E-state index < -0.39 is 53.7 Å². The maximum Gasteiger partial charge on any atom is 0.348 e. The van der Waals surface area contributed by atoms with E-state index in [1.54, 1.807) is 0 Å². The molecule has 2 aliphatic rings. The van der Waals surface area contributed by atoms with Gasteiger partial charge in [-0.15, -0.1) is 5.48 Å². The summed E-state index contributed by atoms with van der Waals surface area (Å²) in [5.41, 5.74) is 19.0. The SMILES string of the molecule is CC(N)OP1(=O)C2(NOC(=O)[C@@]2(N)CSCc2ccccc2)C(C(=O)O)OC(=O)[C@]1(C)N. The summed E-state index contributed by atoms with van der Waals surface area (Å²) in [5, 5.41) is 4.91. The number of carboxylic acid groups (broad SMARTS) is 1. The van der Waals surface area contributed by atoms with Crippen molar-refractivity contribution in [1.82, 2.24) is 5.48 Å². The summed E-state index contributed by atoms with van der Waals surface area (Å²) in [7, 11) is -4.79. The normalized spacial score (nSPS) is 37.7. The monoisotopic (exact) mass is 488 g/mol. The van der Waals surface area contributed by atoms with E-state index in [9.17, 15) is 24.1 Å². The van der Waals surface area contributed by atoms with Gasteiger partial charge in [-0.2, -0.15) is 11.8 Å². The first-order chi connectivity index (χ1) is 14.8. The standard InChI is InChI=1S/C18H25N4O8PS/c1-10(19)30-31(27)16(2,20)14(25)28-12(13(23)24)18(31)17(21,15(26)29-22-18)9-32-8-11-6-4-3-5-7-11/h3-7,10,12,22H,8-9,19-21H2,1-2H3,(H,23,24)/t10?,12?,16-,17+,18?,31?/m1/s1. The minimum absolute atomic E-state index is 0.266. The van der Waals surface area contributed by atoms with Gasteiger partial charge in [0, 0.05) is 11.5 Å². The molecule has 6 atom stereocenters. The number of carbonyl (C=O) groups excluding carboxylic acids is 2. The summed E-state index contributed by atoms with van der Waals surface area (Å²) in [6.07, 6.45) is -3.48. The Labute approximate surface area is 187 Å². The number of rotatable bonds is 7. The number of benzene rings is 1. The van der Waals surface area contributed by atoms with Gasteiger partial charge in [-0.3, -0.25) is 4.57 Å². The number of carbonyl (C=O) groups is 3. The zero-order valence-electron chi connectivity index (χ0n) is 17.3. The molecule has 14 heteroatoms. The van der Waals surface area contributed by atoms with Crippen molar-refractivity contribution in [2.75, 3.05) is 5.75 Å². The van der Waals surface area contributed by atoms with Crippen molar-refractivity contribution in [2.45, 2.75) is 48.0 Å². The lowest BCUT2D eigenvalue weighted by Gasteiger charge is -2.52. The molecular weight excluding hydrogens is 463 g/mol. The van der Waals surface area contributed by atoms with E-state index in [1.165, 1.54) is 6.92 Å². The molecule has 1 aromatic rings. The van der Waals surface area contributed by atoms with E-state index in [4.69, 9.17) is 31.3 Å². The van der Waals surface area contributed by atoms with Crippen LogP contribution in [-0.2, 0) is 38.8 Å². The number of esters is 1. The molecule has 2 aliphatic heterocycles. The molecule has 8 N–H and O–H groups in total. The molecule has 0 aliphatic carbocycles. The highest BCUT2D eigenvalue weighted by Gasteiger charge is 2.83. The third-order valence-corrected chi connectivity index (χ3v) is 10.3. The molecule has 4 unspecified atom stereocenters. The van der Waals surface area contributed by atoms with Crippen molar-refractivity contribution in [3.05, 3.63) is 35.9 Å². The molecule has 0 amide bonds. The van der Waals surface area contributed by atoms with Crippen LogP contribution >= 0.6 is 19.1 Å². The highest BCUT2D eigenvalue weighted by atomic mass is 32.2. The summed E-state index contributed by atoms with van der Waals surface area (Å²) in [5.74, 6) is -4.02. The fourth-order valence-corrected chi connectivity index (χ4v) is 8.27. The third-order valence-electron chi connectivity index (χ3n) is 5.42. The highest BCUT2D eigenvalue weighted by Crippen LogP contribution is 2.73. The molecule has 32 heavy (non-hydrogen) atoms. The minimum Gasteiger partial charge on any atom is -0.478 e. The Bertz CT molecular complexity index is 977. The van der Waals surface area contributed by atoms with Gasteiger partial charge in [0.1, 0.15) is 6.23 Å². The summed E-state index contributed by atoms with van der Waals surface area (Å²) in [6, 6.07) is 9.18. The Morgan fingerprint density at radius 3 is 2.50 bits per heavy atom. The number of nitrogens with two attached hydrogens (primary N) is 3. The first kappa shape index (κ1) is 24.6. The molecule has 176 valence electrons. The second-order valence-corrected chi connectivity index (χ2v) is 11.8. The van der Waals surface area contributed by atoms with Crippen LogP contribution in [0.2, 0.25) is 0 Å². The van der Waals surface area contributed by atoms with E-state index in [1.807, 2.05) is 30.3 Å². The van der Waals surface area contributed by atoms with Gasteiger partial charge in [-0.05, 0) is 19.4 Å². The number of cyclic esters (lactones) is 1. The van der Waals surface area contributed by atoms with Crippen LogP contribution in [0, 0.1) is 0 Å². The van der Waals surface area contributed by atoms with E-state index >= 15 is 0 Å². The Balaban J connectivity index is 2.13. The van der Waals surface area contributed by atoms with Gasteiger partial charge in [-0.1, -0.05) is 30.3 Å².